The van der Waals surface area contributed by atoms with Crippen molar-refractivity contribution in [2.75, 3.05) is 19.6 Å². The average Bonchev–Trinajstić information content (AvgIpc) is 3.31. The zero-order valence-corrected chi connectivity index (χ0v) is 14.7. The number of carbonyl (C=O) groups excluding carboxylic acids is 3. The first-order valence-electron chi connectivity index (χ1n) is 9.18. The third kappa shape index (κ3) is 4.48. The summed E-state index contributed by atoms with van der Waals surface area (Å²) in [6, 6.07) is -0.556. The van der Waals surface area contributed by atoms with E-state index in [1.54, 1.807) is 4.90 Å². The Morgan fingerprint density at radius 2 is 1.88 bits per heavy atom. The van der Waals surface area contributed by atoms with Crippen molar-refractivity contribution in [1.29, 1.82) is 0 Å². The van der Waals surface area contributed by atoms with Gasteiger partial charge < -0.3 is 9.80 Å². The second-order valence-corrected chi connectivity index (χ2v) is 6.85. The molecule has 2 rings (SSSR count). The number of hydrogen-bond acceptors (Lipinski definition) is 4. The zero-order valence-electron chi connectivity index (χ0n) is 14.7. The summed E-state index contributed by atoms with van der Waals surface area (Å²) in [6.45, 7) is 3.72. The molecule has 142 valence electrons. The van der Waals surface area contributed by atoms with E-state index in [1.165, 1.54) is 10.4 Å². The zero-order chi connectivity index (χ0) is 18.4. The average molecular weight is 357 g/mol. The molecule has 0 bridgehead atoms. The number of nitrogens with one attached hydrogen (secondary N) is 1. The summed E-state index contributed by atoms with van der Waals surface area (Å²) in [4.78, 5) is 40.3. The fourth-order valence-electron chi connectivity index (χ4n) is 3.71. The number of likely N-dealkylation sites (tertiary alicyclic amines) is 2. The lowest BCUT2D eigenvalue weighted by atomic mass is 9.94. The van der Waals surface area contributed by atoms with Gasteiger partial charge in [0.05, 0.1) is 5.92 Å². The molecule has 2 heterocycles. The second kappa shape index (κ2) is 9.12. The Morgan fingerprint density at radius 3 is 2.48 bits per heavy atom. The van der Waals surface area contributed by atoms with Gasteiger partial charge in [0.15, 0.2) is 6.17 Å². The highest BCUT2D eigenvalue weighted by Crippen LogP contribution is 2.27. The van der Waals surface area contributed by atoms with Gasteiger partial charge in [-0.25, -0.2) is 9.87 Å². The first-order valence-corrected chi connectivity index (χ1v) is 9.18. The minimum absolute atomic E-state index is 0.0698. The number of hydrogen-bond donors (Lipinski definition) is 2. The number of hydroxylamine groups is 1. The van der Waals surface area contributed by atoms with Crippen molar-refractivity contribution in [2.24, 2.45) is 5.92 Å². The van der Waals surface area contributed by atoms with Gasteiger partial charge in [-0.3, -0.25) is 19.6 Å². The van der Waals surface area contributed by atoms with Gasteiger partial charge in [-0.2, -0.15) is 0 Å². The molecule has 2 saturated heterocycles. The van der Waals surface area contributed by atoms with Crippen LogP contribution in [0.15, 0.2) is 0 Å². The molecule has 0 aromatic rings. The molecule has 2 aliphatic heterocycles. The SMILES string of the molecule is CCCC[C@@H](C(=O)N1CCC[C@H]1C(=O)N1CCCC1)[C@H](F)C(=O)NO. The van der Waals surface area contributed by atoms with Crippen LogP contribution < -0.4 is 5.48 Å². The summed E-state index contributed by atoms with van der Waals surface area (Å²) in [5, 5.41) is 8.69. The lowest BCUT2D eigenvalue weighted by Gasteiger charge is -2.31. The molecular weight excluding hydrogens is 329 g/mol. The van der Waals surface area contributed by atoms with Gasteiger partial charge in [0, 0.05) is 19.6 Å². The van der Waals surface area contributed by atoms with E-state index in [-0.39, 0.29) is 12.3 Å². The third-order valence-electron chi connectivity index (χ3n) is 5.14. The molecule has 2 aliphatic rings. The number of unbranched alkanes of at least 4 members (excludes halogenated alkanes) is 1. The predicted molar refractivity (Wildman–Crippen MR) is 88.4 cm³/mol. The molecule has 0 aromatic heterocycles. The molecule has 3 amide bonds. The van der Waals surface area contributed by atoms with Crippen molar-refractivity contribution in [3.8, 4) is 0 Å². The van der Waals surface area contributed by atoms with Gasteiger partial charge in [-0.1, -0.05) is 19.8 Å². The van der Waals surface area contributed by atoms with Crippen LogP contribution in [0.25, 0.3) is 0 Å². The second-order valence-electron chi connectivity index (χ2n) is 6.85. The minimum atomic E-state index is -2.12. The number of halogens is 1. The molecule has 0 unspecified atom stereocenters. The summed E-state index contributed by atoms with van der Waals surface area (Å²) in [5.41, 5.74) is 1.29. The smallest absolute Gasteiger partial charge is 0.278 e. The highest BCUT2D eigenvalue weighted by molar-refractivity contribution is 5.92. The molecule has 0 radical (unpaired) electrons. The van der Waals surface area contributed by atoms with E-state index >= 15 is 0 Å². The first kappa shape index (κ1) is 19.6. The Hall–Kier alpha value is -1.70. The third-order valence-corrected chi connectivity index (χ3v) is 5.14. The van der Waals surface area contributed by atoms with Crippen LogP contribution in [0.1, 0.15) is 51.9 Å². The van der Waals surface area contributed by atoms with E-state index in [2.05, 4.69) is 0 Å². The van der Waals surface area contributed by atoms with E-state index < -0.39 is 29.9 Å². The van der Waals surface area contributed by atoms with E-state index in [0.717, 1.165) is 19.3 Å². The Labute approximate surface area is 147 Å². The fraction of sp³-hybridized carbons (Fsp3) is 0.824. The van der Waals surface area contributed by atoms with Gasteiger partial charge in [0.25, 0.3) is 5.91 Å². The Morgan fingerprint density at radius 1 is 1.20 bits per heavy atom. The summed E-state index contributed by atoms with van der Waals surface area (Å²) in [6.07, 6.45) is 2.65. The van der Waals surface area contributed by atoms with Gasteiger partial charge in [-0.05, 0) is 32.1 Å². The molecule has 0 aliphatic carbocycles. The molecule has 7 nitrogen and oxygen atoms in total. The number of carbonyl (C=O) groups is 3. The molecular formula is C17H28FN3O4. The predicted octanol–water partition coefficient (Wildman–Crippen LogP) is 1.25. The lowest BCUT2D eigenvalue weighted by molar-refractivity contribution is -0.150. The Kier molecular flexibility index (Phi) is 7.16. The first-order chi connectivity index (χ1) is 12.0. The normalized spacial score (nSPS) is 22.8. The fourth-order valence-corrected chi connectivity index (χ4v) is 3.71. The monoisotopic (exact) mass is 357 g/mol. The highest BCUT2D eigenvalue weighted by atomic mass is 19.1. The summed E-state index contributed by atoms with van der Waals surface area (Å²) >= 11 is 0. The van der Waals surface area contributed by atoms with Crippen LogP contribution in [0.3, 0.4) is 0 Å². The van der Waals surface area contributed by atoms with Gasteiger partial charge in [-0.15, -0.1) is 0 Å². The van der Waals surface area contributed by atoms with Crippen LogP contribution in [0.5, 0.6) is 0 Å². The van der Waals surface area contributed by atoms with E-state index in [0.29, 0.717) is 38.9 Å². The van der Waals surface area contributed by atoms with Crippen molar-refractivity contribution in [2.45, 2.75) is 64.1 Å². The van der Waals surface area contributed by atoms with Crippen LogP contribution in [0, 0.1) is 5.92 Å². The Bertz CT molecular complexity index is 496. The molecule has 0 saturated carbocycles. The van der Waals surface area contributed by atoms with Crippen molar-refractivity contribution >= 4 is 17.7 Å². The Balaban J connectivity index is 2.12. The van der Waals surface area contributed by atoms with Gasteiger partial charge >= 0.3 is 0 Å². The van der Waals surface area contributed by atoms with Gasteiger partial charge in [0.2, 0.25) is 11.8 Å². The van der Waals surface area contributed by atoms with Crippen molar-refractivity contribution in [3.63, 3.8) is 0 Å². The lowest BCUT2D eigenvalue weighted by Crippen LogP contribution is -2.51. The van der Waals surface area contributed by atoms with E-state index in [9.17, 15) is 18.8 Å². The number of alkyl halides is 1. The minimum Gasteiger partial charge on any atom is -0.341 e. The molecule has 2 N–H and O–H groups in total. The standard InChI is InChI=1S/C17H28FN3O4/c1-2-3-7-12(14(18)15(22)19-25)16(23)21-11-6-8-13(21)17(24)20-9-4-5-10-20/h12-14,25H,2-11H2,1H3,(H,19,22)/t12-,13+,14+/m1/s1. The van der Waals surface area contributed by atoms with Crippen LogP contribution >= 0.6 is 0 Å². The van der Waals surface area contributed by atoms with Crippen molar-refractivity contribution < 1.29 is 24.0 Å². The van der Waals surface area contributed by atoms with Crippen LogP contribution in [0.2, 0.25) is 0 Å². The molecule has 8 heteroatoms. The largest absolute Gasteiger partial charge is 0.341 e. The molecule has 0 aromatic carbocycles. The summed E-state index contributed by atoms with van der Waals surface area (Å²) in [5.74, 6) is -2.95. The van der Waals surface area contributed by atoms with Crippen LogP contribution in [-0.2, 0) is 14.4 Å². The molecule has 3 atom stereocenters. The van der Waals surface area contributed by atoms with Gasteiger partial charge in [0.1, 0.15) is 6.04 Å². The van der Waals surface area contributed by atoms with Crippen LogP contribution in [0.4, 0.5) is 4.39 Å². The molecule has 2 fully saturated rings. The number of amides is 3. The maximum absolute atomic E-state index is 14.4. The van der Waals surface area contributed by atoms with E-state index in [1.807, 2.05) is 6.92 Å². The van der Waals surface area contributed by atoms with Crippen LogP contribution in [-0.4, -0.2) is 64.6 Å². The molecule has 0 spiro atoms. The highest BCUT2D eigenvalue weighted by Gasteiger charge is 2.43. The quantitative estimate of drug-likeness (QED) is 0.530. The summed E-state index contributed by atoms with van der Waals surface area (Å²) in [7, 11) is 0. The molecule has 25 heavy (non-hydrogen) atoms. The van der Waals surface area contributed by atoms with E-state index in [4.69, 9.17) is 5.21 Å². The van der Waals surface area contributed by atoms with Crippen molar-refractivity contribution in [3.05, 3.63) is 0 Å². The maximum Gasteiger partial charge on any atom is 0.278 e. The number of rotatable bonds is 7. The topological polar surface area (TPSA) is 90.0 Å². The summed E-state index contributed by atoms with van der Waals surface area (Å²) < 4.78 is 14.4. The van der Waals surface area contributed by atoms with Crippen molar-refractivity contribution in [1.82, 2.24) is 15.3 Å². The number of nitrogens with zero attached hydrogens (tertiary/aromatic N) is 2. The maximum atomic E-state index is 14.4.